The number of carbonyl (C=O) groups is 1. The molecule has 0 spiro atoms. The van der Waals surface area contributed by atoms with E-state index in [9.17, 15) is 9.90 Å². The first kappa shape index (κ1) is 12.0. The third kappa shape index (κ3) is 2.13. The summed E-state index contributed by atoms with van der Waals surface area (Å²) in [6.45, 7) is 0. The molecule has 2 N–H and O–H groups in total. The third-order valence-corrected chi connectivity index (χ3v) is 2.64. The molecule has 0 aliphatic carbocycles. The van der Waals surface area contributed by atoms with E-state index in [0.29, 0.717) is 16.7 Å². The highest BCUT2D eigenvalue weighted by molar-refractivity contribution is 6.00. The summed E-state index contributed by atoms with van der Waals surface area (Å²) in [7, 11) is 1.55. The van der Waals surface area contributed by atoms with Crippen LogP contribution in [0, 0.1) is 0 Å². The Morgan fingerprint density at radius 1 is 1.28 bits per heavy atom. The molecule has 0 aliphatic rings. The fourth-order valence-corrected chi connectivity index (χ4v) is 1.87. The van der Waals surface area contributed by atoms with Gasteiger partial charge in [-0.25, -0.2) is 4.79 Å². The Morgan fingerprint density at radius 2 is 2.06 bits per heavy atom. The molecular weight excluding hydrogens is 232 g/mol. The number of aromatic hydroxyl groups is 1. The number of phenols is 1. The van der Waals surface area contributed by atoms with Crippen molar-refractivity contribution in [2.45, 2.75) is 0 Å². The maximum atomic E-state index is 10.5. The monoisotopic (exact) mass is 244 g/mol. The molecule has 4 heteroatoms. The maximum absolute atomic E-state index is 10.5. The zero-order chi connectivity index (χ0) is 13.1. The van der Waals surface area contributed by atoms with Gasteiger partial charge in [0, 0.05) is 16.8 Å². The van der Waals surface area contributed by atoms with E-state index in [1.165, 1.54) is 6.08 Å². The smallest absolute Gasteiger partial charge is 0.328 e. The fourth-order valence-electron chi connectivity index (χ4n) is 1.87. The number of benzene rings is 2. The van der Waals surface area contributed by atoms with E-state index < -0.39 is 5.97 Å². The number of fused-ring (bicyclic) bond motifs is 1. The summed E-state index contributed by atoms with van der Waals surface area (Å²) in [5.74, 6) is -0.306. The Kier molecular flexibility index (Phi) is 3.19. The minimum absolute atomic E-state index is 0.0939. The van der Waals surface area contributed by atoms with Crippen molar-refractivity contribution in [3.05, 3.63) is 42.0 Å². The van der Waals surface area contributed by atoms with E-state index in [-0.39, 0.29) is 5.75 Å². The van der Waals surface area contributed by atoms with E-state index >= 15 is 0 Å². The highest BCUT2D eigenvalue weighted by Gasteiger charge is 2.08. The van der Waals surface area contributed by atoms with Gasteiger partial charge < -0.3 is 14.9 Å². The molecule has 0 fully saturated rings. The van der Waals surface area contributed by atoms with Crippen molar-refractivity contribution < 1.29 is 19.7 Å². The Hall–Kier alpha value is -2.49. The van der Waals surface area contributed by atoms with Crippen LogP contribution in [0.25, 0.3) is 16.8 Å². The van der Waals surface area contributed by atoms with Gasteiger partial charge in [-0.3, -0.25) is 0 Å². The Morgan fingerprint density at radius 3 is 2.72 bits per heavy atom. The number of phenolic OH excluding ortho intramolecular Hbond substituents is 1. The molecule has 18 heavy (non-hydrogen) atoms. The second kappa shape index (κ2) is 4.79. The minimum atomic E-state index is -1.03. The van der Waals surface area contributed by atoms with Crippen molar-refractivity contribution in [3.8, 4) is 11.5 Å². The van der Waals surface area contributed by atoms with E-state index in [2.05, 4.69) is 0 Å². The van der Waals surface area contributed by atoms with Crippen LogP contribution in [0.15, 0.2) is 36.4 Å². The first-order chi connectivity index (χ1) is 8.63. The molecule has 4 nitrogen and oxygen atoms in total. The SMILES string of the molecule is COc1ccc(/C=C\C(=O)O)c2c(O)cccc12. The van der Waals surface area contributed by atoms with Crippen molar-refractivity contribution in [2.24, 2.45) is 0 Å². The molecule has 0 aliphatic heterocycles. The second-order valence-electron chi connectivity index (χ2n) is 3.73. The van der Waals surface area contributed by atoms with Gasteiger partial charge in [-0.05, 0) is 23.8 Å². The van der Waals surface area contributed by atoms with Crippen LogP contribution in [0.5, 0.6) is 11.5 Å². The van der Waals surface area contributed by atoms with Gasteiger partial charge in [-0.1, -0.05) is 18.2 Å². The lowest BCUT2D eigenvalue weighted by Crippen LogP contribution is -1.89. The Bertz CT molecular complexity index is 629. The quantitative estimate of drug-likeness (QED) is 0.814. The molecule has 0 heterocycles. The summed E-state index contributed by atoms with van der Waals surface area (Å²) in [6.07, 6.45) is 2.48. The summed E-state index contributed by atoms with van der Waals surface area (Å²) in [4.78, 5) is 10.5. The van der Waals surface area contributed by atoms with Crippen molar-refractivity contribution >= 4 is 22.8 Å². The van der Waals surface area contributed by atoms with Crippen LogP contribution in [-0.2, 0) is 4.79 Å². The molecule has 0 unspecified atom stereocenters. The zero-order valence-corrected chi connectivity index (χ0v) is 9.75. The lowest BCUT2D eigenvalue weighted by molar-refractivity contribution is -0.131. The van der Waals surface area contributed by atoms with Crippen LogP contribution in [-0.4, -0.2) is 23.3 Å². The normalized spacial score (nSPS) is 10.9. The van der Waals surface area contributed by atoms with Crippen molar-refractivity contribution in [1.29, 1.82) is 0 Å². The van der Waals surface area contributed by atoms with Gasteiger partial charge >= 0.3 is 5.97 Å². The second-order valence-corrected chi connectivity index (χ2v) is 3.73. The molecule has 0 saturated carbocycles. The number of ether oxygens (including phenoxy) is 1. The van der Waals surface area contributed by atoms with Gasteiger partial charge in [-0.15, -0.1) is 0 Å². The number of methoxy groups -OCH3 is 1. The average molecular weight is 244 g/mol. The maximum Gasteiger partial charge on any atom is 0.328 e. The van der Waals surface area contributed by atoms with Crippen molar-refractivity contribution in [1.82, 2.24) is 0 Å². The summed E-state index contributed by atoms with van der Waals surface area (Å²) in [6, 6.07) is 8.53. The van der Waals surface area contributed by atoms with Gasteiger partial charge in [0.25, 0.3) is 0 Å². The molecule has 0 radical (unpaired) electrons. The summed E-state index contributed by atoms with van der Waals surface area (Å²) < 4.78 is 5.21. The largest absolute Gasteiger partial charge is 0.507 e. The number of carboxylic acids is 1. The molecule has 2 aromatic carbocycles. The van der Waals surface area contributed by atoms with E-state index in [0.717, 1.165) is 11.5 Å². The minimum Gasteiger partial charge on any atom is -0.507 e. The third-order valence-electron chi connectivity index (χ3n) is 2.64. The molecule has 0 atom stereocenters. The van der Waals surface area contributed by atoms with E-state index in [1.54, 1.807) is 31.4 Å². The molecule has 0 amide bonds. The standard InChI is InChI=1S/C14H12O4/c1-18-12-7-5-9(6-8-13(16)17)14-10(12)3-2-4-11(14)15/h2-8,15H,1H3,(H,16,17)/b8-6-. The molecule has 2 rings (SSSR count). The molecule has 92 valence electrons. The van der Waals surface area contributed by atoms with Gasteiger partial charge in [0.15, 0.2) is 0 Å². The predicted octanol–water partition coefficient (Wildman–Crippen LogP) is 2.65. The van der Waals surface area contributed by atoms with Crippen LogP contribution in [0.4, 0.5) is 0 Å². The first-order valence-electron chi connectivity index (χ1n) is 5.33. The number of hydrogen-bond acceptors (Lipinski definition) is 3. The molecular formula is C14H12O4. The Labute approximate surface area is 104 Å². The number of rotatable bonds is 3. The van der Waals surface area contributed by atoms with Gasteiger partial charge in [0.05, 0.1) is 7.11 Å². The van der Waals surface area contributed by atoms with E-state index in [4.69, 9.17) is 9.84 Å². The molecule has 0 bridgehead atoms. The van der Waals surface area contributed by atoms with Crippen LogP contribution in [0.3, 0.4) is 0 Å². The Balaban J connectivity index is 2.72. The highest BCUT2D eigenvalue weighted by Crippen LogP contribution is 2.34. The number of hydrogen-bond donors (Lipinski definition) is 2. The van der Waals surface area contributed by atoms with Crippen molar-refractivity contribution in [3.63, 3.8) is 0 Å². The highest BCUT2D eigenvalue weighted by atomic mass is 16.5. The number of aliphatic carboxylic acids is 1. The van der Waals surface area contributed by atoms with Crippen LogP contribution < -0.4 is 4.74 Å². The lowest BCUT2D eigenvalue weighted by Gasteiger charge is -2.09. The summed E-state index contributed by atoms with van der Waals surface area (Å²) in [5.41, 5.74) is 0.631. The topological polar surface area (TPSA) is 66.8 Å². The average Bonchev–Trinajstić information content (AvgIpc) is 2.36. The van der Waals surface area contributed by atoms with Crippen LogP contribution in [0.1, 0.15) is 5.56 Å². The van der Waals surface area contributed by atoms with Crippen LogP contribution in [0.2, 0.25) is 0 Å². The zero-order valence-electron chi connectivity index (χ0n) is 9.75. The predicted molar refractivity (Wildman–Crippen MR) is 68.8 cm³/mol. The molecule has 0 saturated heterocycles. The summed E-state index contributed by atoms with van der Waals surface area (Å²) >= 11 is 0. The van der Waals surface area contributed by atoms with Crippen LogP contribution >= 0.6 is 0 Å². The van der Waals surface area contributed by atoms with Gasteiger partial charge in [0.1, 0.15) is 11.5 Å². The lowest BCUT2D eigenvalue weighted by atomic mass is 10.0. The van der Waals surface area contributed by atoms with Gasteiger partial charge in [-0.2, -0.15) is 0 Å². The molecule has 0 aromatic heterocycles. The van der Waals surface area contributed by atoms with E-state index in [1.807, 2.05) is 6.07 Å². The van der Waals surface area contributed by atoms with Gasteiger partial charge in [0.2, 0.25) is 0 Å². The van der Waals surface area contributed by atoms with Crippen molar-refractivity contribution in [2.75, 3.05) is 7.11 Å². The molecule has 2 aromatic rings. The summed E-state index contributed by atoms with van der Waals surface area (Å²) in [5, 5.41) is 19.9. The number of carboxylic acid groups (broad SMARTS) is 1. The first-order valence-corrected chi connectivity index (χ1v) is 5.33. The fraction of sp³-hybridized carbons (Fsp3) is 0.0714.